The molecule has 0 spiro atoms. The predicted molar refractivity (Wildman–Crippen MR) is 74.4 cm³/mol. The number of rotatable bonds is 3. The smallest absolute Gasteiger partial charge is 0.269 e. The molecule has 0 fully saturated rings. The number of benzene rings is 2. The van der Waals surface area contributed by atoms with Gasteiger partial charge in [0.1, 0.15) is 0 Å². The van der Waals surface area contributed by atoms with Crippen LogP contribution in [-0.4, -0.2) is 20.8 Å². The van der Waals surface area contributed by atoms with Crippen LogP contribution in [0.15, 0.2) is 48.5 Å². The van der Waals surface area contributed by atoms with Crippen LogP contribution in [0.1, 0.15) is 27.7 Å². The molecule has 6 heteroatoms. The second-order valence-electron chi connectivity index (χ2n) is 4.82. The van der Waals surface area contributed by atoms with Crippen molar-refractivity contribution in [2.45, 2.75) is 12.8 Å². The molecule has 0 saturated carbocycles. The van der Waals surface area contributed by atoms with E-state index in [1.807, 2.05) is 0 Å². The Kier molecular flexibility index (Phi) is 3.15. The molecule has 3 rings (SSSR count). The number of fused-ring (bicyclic) bond motifs is 1. The van der Waals surface area contributed by atoms with E-state index in [-0.39, 0.29) is 18.1 Å². The van der Waals surface area contributed by atoms with Crippen LogP contribution >= 0.6 is 0 Å². The van der Waals surface area contributed by atoms with Crippen molar-refractivity contribution < 1.29 is 14.8 Å². The van der Waals surface area contributed by atoms with E-state index in [9.17, 15) is 20.0 Å². The van der Waals surface area contributed by atoms with Gasteiger partial charge < -0.3 is 10.0 Å². The molecule has 0 aromatic heterocycles. The van der Waals surface area contributed by atoms with Crippen molar-refractivity contribution in [3.63, 3.8) is 0 Å². The molecule has 1 heterocycles. The molecule has 1 aliphatic rings. The van der Waals surface area contributed by atoms with Crippen LogP contribution in [0, 0.1) is 10.1 Å². The first-order valence-electron chi connectivity index (χ1n) is 6.39. The molecule has 21 heavy (non-hydrogen) atoms. The fourth-order valence-electron chi connectivity index (χ4n) is 2.47. The minimum Gasteiger partial charge on any atom is -0.369 e. The first-order valence-corrected chi connectivity index (χ1v) is 6.39. The molecule has 0 aliphatic carbocycles. The highest BCUT2D eigenvalue weighted by molar-refractivity contribution is 5.98. The number of aliphatic hydroxyl groups is 1. The molecule has 106 valence electrons. The monoisotopic (exact) mass is 284 g/mol. The zero-order valence-corrected chi connectivity index (χ0v) is 11.0. The molecule has 1 unspecified atom stereocenters. The Labute approximate surface area is 120 Å². The van der Waals surface area contributed by atoms with E-state index in [2.05, 4.69) is 0 Å². The van der Waals surface area contributed by atoms with Crippen LogP contribution in [0.5, 0.6) is 0 Å². The quantitative estimate of drug-likeness (QED) is 0.692. The average molecular weight is 284 g/mol. The summed E-state index contributed by atoms with van der Waals surface area (Å²) in [5.41, 5.74) is 1.60. The summed E-state index contributed by atoms with van der Waals surface area (Å²) >= 11 is 0. The molecule has 1 N–H and O–H groups in total. The van der Waals surface area contributed by atoms with Gasteiger partial charge >= 0.3 is 0 Å². The summed E-state index contributed by atoms with van der Waals surface area (Å²) in [7, 11) is 0. The first kappa shape index (κ1) is 13.3. The largest absolute Gasteiger partial charge is 0.369 e. The van der Waals surface area contributed by atoms with Crippen LogP contribution in [0.25, 0.3) is 0 Å². The minimum atomic E-state index is -1.02. The number of nitro benzene ring substituents is 1. The van der Waals surface area contributed by atoms with Crippen LogP contribution in [0.4, 0.5) is 5.69 Å². The third kappa shape index (κ3) is 2.25. The Balaban J connectivity index is 1.88. The summed E-state index contributed by atoms with van der Waals surface area (Å²) in [5, 5.41) is 21.0. The fourth-order valence-corrected chi connectivity index (χ4v) is 2.47. The molecular weight excluding hydrogens is 272 g/mol. The normalized spacial score (nSPS) is 16.9. The maximum Gasteiger partial charge on any atom is 0.269 e. The Morgan fingerprint density at radius 2 is 1.95 bits per heavy atom. The fraction of sp³-hybridized carbons (Fsp3) is 0.133. The number of nitrogens with zero attached hydrogens (tertiary/aromatic N) is 2. The standard InChI is InChI=1S/C15H12N2O4/c18-14-12-6-1-2-7-13(12)15(19)16(14)9-10-4-3-5-11(8-10)17(20)21/h1-8,14,18H,9H2. The lowest BCUT2D eigenvalue weighted by Gasteiger charge is -2.20. The highest BCUT2D eigenvalue weighted by Crippen LogP contribution is 2.32. The second kappa shape index (κ2) is 4.99. The molecule has 6 nitrogen and oxygen atoms in total. The second-order valence-corrected chi connectivity index (χ2v) is 4.82. The maximum absolute atomic E-state index is 12.3. The lowest BCUT2D eigenvalue weighted by Crippen LogP contribution is -2.27. The van der Waals surface area contributed by atoms with Gasteiger partial charge in [-0.15, -0.1) is 0 Å². The number of hydrogen-bond donors (Lipinski definition) is 1. The topological polar surface area (TPSA) is 83.7 Å². The Hall–Kier alpha value is -2.73. The number of carbonyl (C=O) groups excluding carboxylic acids is 1. The Morgan fingerprint density at radius 3 is 2.67 bits per heavy atom. The van der Waals surface area contributed by atoms with Crippen molar-refractivity contribution in [1.29, 1.82) is 0 Å². The maximum atomic E-state index is 12.3. The van der Waals surface area contributed by atoms with Gasteiger partial charge in [0, 0.05) is 29.8 Å². The van der Waals surface area contributed by atoms with Crippen molar-refractivity contribution in [3.8, 4) is 0 Å². The average Bonchev–Trinajstić information content (AvgIpc) is 2.73. The summed E-state index contributed by atoms with van der Waals surface area (Å²) in [6.07, 6.45) is -1.02. The van der Waals surface area contributed by atoms with Gasteiger partial charge in [-0.25, -0.2) is 0 Å². The zero-order chi connectivity index (χ0) is 15.0. The van der Waals surface area contributed by atoms with Crippen molar-refractivity contribution in [1.82, 2.24) is 4.90 Å². The van der Waals surface area contributed by atoms with Gasteiger partial charge in [0.2, 0.25) is 0 Å². The lowest BCUT2D eigenvalue weighted by atomic mass is 10.1. The van der Waals surface area contributed by atoms with Gasteiger partial charge in [-0.2, -0.15) is 0 Å². The first-order chi connectivity index (χ1) is 10.1. The van der Waals surface area contributed by atoms with Crippen molar-refractivity contribution >= 4 is 11.6 Å². The summed E-state index contributed by atoms with van der Waals surface area (Å²) in [5.74, 6) is -0.274. The molecule has 0 saturated heterocycles. The van der Waals surface area contributed by atoms with Gasteiger partial charge in [0.15, 0.2) is 6.23 Å². The summed E-state index contributed by atoms with van der Waals surface area (Å²) in [6, 6.07) is 12.9. The molecule has 1 amide bonds. The summed E-state index contributed by atoms with van der Waals surface area (Å²) in [6.45, 7) is 0.121. The Bertz CT molecular complexity index is 729. The summed E-state index contributed by atoms with van der Waals surface area (Å²) in [4.78, 5) is 23.8. The predicted octanol–water partition coefficient (Wildman–Crippen LogP) is 2.24. The molecule has 0 bridgehead atoms. The van der Waals surface area contributed by atoms with Crippen molar-refractivity contribution in [3.05, 3.63) is 75.3 Å². The number of hydrogen-bond acceptors (Lipinski definition) is 4. The van der Waals surface area contributed by atoms with Crippen LogP contribution in [-0.2, 0) is 6.54 Å². The molecule has 1 aliphatic heterocycles. The Morgan fingerprint density at radius 1 is 1.19 bits per heavy atom. The van der Waals surface area contributed by atoms with E-state index in [0.29, 0.717) is 16.7 Å². The van der Waals surface area contributed by atoms with E-state index in [4.69, 9.17) is 0 Å². The van der Waals surface area contributed by atoms with Crippen molar-refractivity contribution in [2.24, 2.45) is 0 Å². The van der Waals surface area contributed by atoms with Gasteiger partial charge in [0.25, 0.3) is 11.6 Å². The number of non-ortho nitro benzene ring substituents is 1. The van der Waals surface area contributed by atoms with Crippen LogP contribution < -0.4 is 0 Å². The van der Waals surface area contributed by atoms with Crippen molar-refractivity contribution in [2.75, 3.05) is 0 Å². The number of amides is 1. The third-order valence-electron chi connectivity index (χ3n) is 3.50. The number of aliphatic hydroxyl groups excluding tert-OH is 1. The molecule has 2 aromatic carbocycles. The third-order valence-corrected chi connectivity index (χ3v) is 3.50. The SMILES string of the molecule is O=C1c2ccccc2C(O)N1Cc1cccc([N+](=O)[O-])c1. The van der Waals surface area contributed by atoms with E-state index < -0.39 is 11.2 Å². The summed E-state index contributed by atoms with van der Waals surface area (Å²) < 4.78 is 0. The van der Waals surface area contributed by atoms with E-state index >= 15 is 0 Å². The number of carbonyl (C=O) groups is 1. The molecule has 0 radical (unpaired) electrons. The van der Waals surface area contributed by atoms with Gasteiger partial charge in [-0.05, 0) is 11.6 Å². The highest BCUT2D eigenvalue weighted by Gasteiger charge is 2.35. The molecule has 2 aromatic rings. The molecular formula is C15H12N2O4. The van der Waals surface area contributed by atoms with Crippen LogP contribution in [0.3, 0.4) is 0 Å². The van der Waals surface area contributed by atoms with Gasteiger partial charge in [0.05, 0.1) is 4.92 Å². The van der Waals surface area contributed by atoms with Crippen LogP contribution in [0.2, 0.25) is 0 Å². The van der Waals surface area contributed by atoms with E-state index in [0.717, 1.165) is 0 Å². The van der Waals surface area contributed by atoms with Gasteiger partial charge in [-0.1, -0.05) is 30.3 Å². The minimum absolute atomic E-state index is 0.0360. The molecule has 1 atom stereocenters. The van der Waals surface area contributed by atoms with E-state index in [1.54, 1.807) is 36.4 Å². The highest BCUT2D eigenvalue weighted by atomic mass is 16.6. The van der Waals surface area contributed by atoms with E-state index in [1.165, 1.54) is 17.0 Å². The van der Waals surface area contributed by atoms with Gasteiger partial charge in [-0.3, -0.25) is 14.9 Å². The zero-order valence-electron chi connectivity index (χ0n) is 11.0. The lowest BCUT2D eigenvalue weighted by molar-refractivity contribution is -0.384. The number of nitro groups is 1.